The summed E-state index contributed by atoms with van der Waals surface area (Å²) < 4.78 is 41.1. The fourth-order valence-electron chi connectivity index (χ4n) is 4.39. The Labute approximate surface area is 175 Å². The number of aryl methyl sites for hydroxylation is 1. The zero-order chi connectivity index (χ0) is 20.8. The first-order valence-corrected chi connectivity index (χ1v) is 12.1. The monoisotopic (exact) mass is 436 g/mol. The van der Waals surface area contributed by atoms with Gasteiger partial charge in [-0.3, -0.25) is 4.79 Å². The van der Waals surface area contributed by atoms with E-state index in [-0.39, 0.29) is 17.1 Å². The van der Waals surface area contributed by atoms with Crippen molar-refractivity contribution < 1.29 is 17.6 Å². The number of sulfonamides is 1. The Morgan fingerprint density at radius 2 is 1.90 bits per heavy atom. The van der Waals surface area contributed by atoms with E-state index in [0.717, 1.165) is 16.9 Å². The second kappa shape index (κ2) is 7.49. The first-order chi connectivity index (χ1) is 13.7. The van der Waals surface area contributed by atoms with Gasteiger partial charge in [-0.15, -0.1) is 11.3 Å². The largest absolute Gasteiger partial charge is 0.340 e. The fourth-order valence-corrected chi connectivity index (χ4v) is 7.45. The first kappa shape index (κ1) is 20.5. The molecule has 5 nitrogen and oxygen atoms in total. The van der Waals surface area contributed by atoms with Gasteiger partial charge in [0.05, 0.1) is 0 Å². The maximum atomic E-state index is 13.3. The molecule has 3 heterocycles. The molecule has 156 valence electrons. The molecular formula is C21H25FN2O3S2. The SMILES string of the molecule is Cc1ccc(S(=O)(=O)N2CCCC2C(=O)N2CCC(C)(c3ccc(F)cc3)C2)s1. The molecule has 0 saturated carbocycles. The van der Waals surface area contributed by atoms with E-state index in [1.54, 1.807) is 29.2 Å². The predicted octanol–water partition coefficient (Wildman–Crippen LogP) is 3.54. The summed E-state index contributed by atoms with van der Waals surface area (Å²) in [7, 11) is -3.66. The molecule has 0 spiro atoms. The van der Waals surface area contributed by atoms with Crippen LogP contribution in [0.1, 0.15) is 36.6 Å². The fraction of sp³-hybridized carbons (Fsp3) is 0.476. The summed E-state index contributed by atoms with van der Waals surface area (Å²) in [5.74, 6) is -0.399. The van der Waals surface area contributed by atoms with Gasteiger partial charge in [0.15, 0.2) is 0 Å². The van der Waals surface area contributed by atoms with Crippen LogP contribution in [0, 0.1) is 12.7 Å². The van der Waals surface area contributed by atoms with Crippen LogP contribution in [-0.2, 0) is 20.2 Å². The third-order valence-corrected chi connectivity index (χ3v) is 9.47. The quantitative estimate of drug-likeness (QED) is 0.737. The highest BCUT2D eigenvalue weighted by Crippen LogP contribution is 2.36. The van der Waals surface area contributed by atoms with E-state index < -0.39 is 16.1 Å². The lowest BCUT2D eigenvalue weighted by atomic mass is 9.82. The number of carbonyl (C=O) groups excluding carboxylic acids is 1. The topological polar surface area (TPSA) is 57.7 Å². The lowest BCUT2D eigenvalue weighted by Crippen LogP contribution is -2.47. The minimum Gasteiger partial charge on any atom is -0.340 e. The summed E-state index contributed by atoms with van der Waals surface area (Å²) in [6.45, 7) is 5.41. The molecule has 8 heteroatoms. The van der Waals surface area contributed by atoms with Crippen molar-refractivity contribution in [2.75, 3.05) is 19.6 Å². The van der Waals surface area contributed by atoms with Crippen molar-refractivity contribution in [2.45, 2.75) is 48.8 Å². The molecule has 2 atom stereocenters. The highest BCUT2D eigenvalue weighted by atomic mass is 32.2. The third-order valence-electron chi connectivity index (χ3n) is 6.09. The Hall–Kier alpha value is -1.77. The summed E-state index contributed by atoms with van der Waals surface area (Å²) in [6, 6.07) is 9.20. The van der Waals surface area contributed by atoms with Crippen molar-refractivity contribution in [3.63, 3.8) is 0 Å². The second-order valence-electron chi connectivity index (χ2n) is 8.22. The van der Waals surface area contributed by atoms with E-state index in [2.05, 4.69) is 6.92 Å². The molecule has 0 bridgehead atoms. The number of hydrogen-bond donors (Lipinski definition) is 0. The Bertz CT molecular complexity index is 1020. The molecule has 2 unspecified atom stereocenters. The van der Waals surface area contributed by atoms with E-state index in [9.17, 15) is 17.6 Å². The number of nitrogens with zero attached hydrogens (tertiary/aromatic N) is 2. The van der Waals surface area contributed by atoms with Crippen LogP contribution in [0.15, 0.2) is 40.6 Å². The summed E-state index contributed by atoms with van der Waals surface area (Å²) in [5, 5.41) is 0. The summed E-state index contributed by atoms with van der Waals surface area (Å²) in [6.07, 6.45) is 2.00. The summed E-state index contributed by atoms with van der Waals surface area (Å²) >= 11 is 1.24. The second-order valence-corrected chi connectivity index (χ2v) is 11.6. The van der Waals surface area contributed by atoms with E-state index in [0.29, 0.717) is 36.7 Å². The number of benzene rings is 1. The highest BCUT2D eigenvalue weighted by molar-refractivity contribution is 7.91. The molecule has 2 fully saturated rings. The van der Waals surface area contributed by atoms with E-state index >= 15 is 0 Å². The Kier molecular flexibility index (Phi) is 5.29. The lowest BCUT2D eigenvalue weighted by molar-refractivity contribution is -0.133. The lowest BCUT2D eigenvalue weighted by Gasteiger charge is -2.29. The maximum absolute atomic E-state index is 13.3. The molecule has 0 N–H and O–H groups in total. The van der Waals surface area contributed by atoms with Gasteiger partial charge in [-0.05, 0) is 56.0 Å². The number of likely N-dealkylation sites (tertiary alicyclic amines) is 1. The van der Waals surface area contributed by atoms with Crippen LogP contribution in [0.25, 0.3) is 0 Å². The van der Waals surface area contributed by atoms with Crippen molar-refractivity contribution in [1.82, 2.24) is 9.21 Å². The number of rotatable bonds is 4. The van der Waals surface area contributed by atoms with Crippen molar-refractivity contribution >= 4 is 27.3 Å². The molecule has 0 aliphatic carbocycles. The number of thiophene rings is 1. The molecule has 4 rings (SSSR count). The average molecular weight is 437 g/mol. The Morgan fingerprint density at radius 3 is 2.55 bits per heavy atom. The first-order valence-electron chi connectivity index (χ1n) is 9.84. The van der Waals surface area contributed by atoms with Gasteiger partial charge in [0.25, 0.3) is 10.0 Å². The van der Waals surface area contributed by atoms with Gasteiger partial charge in [0.2, 0.25) is 5.91 Å². The van der Waals surface area contributed by atoms with Crippen LogP contribution >= 0.6 is 11.3 Å². The predicted molar refractivity (Wildman–Crippen MR) is 111 cm³/mol. The molecule has 2 aliphatic rings. The minimum absolute atomic E-state index is 0.120. The zero-order valence-electron chi connectivity index (χ0n) is 16.6. The summed E-state index contributed by atoms with van der Waals surface area (Å²) in [5.41, 5.74) is 0.746. The highest BCUT2D eigenvalue weighted by Gasteiger charge is 2.45. The average Bonchev–Trinajstić information content (AvgIpc) is 3.41. The van der Waals surface area contributed by atoms with Gasteiger partial charge in [-0.25, -0.2) is 12.8 Å². The van der Waals surface area contributed by atoms with Crippen LogP contribution in [0.5, 0.6) is 0 Å². The maximum Gasteiger partial charge on any atom is 0.253 e. The Morgan fingerprint density at radius 1 is 1.17 bits per heavy atom. The van der Waals surface area contributed by atoms with E-state index in [1.165, 1.54) is 27.8 Å². The minimum atomic E-state index is -3.66. The molecule has 1 amide bonds. The molecule has 2 saturated heterocycles. The van der Waals surface area contributed by atoms with Crippen molar-refractivity contribution in [2.24, 2.45) is 0 Å². The standard InChI is InChI=1S/C21H25FN2O3S2/c1-15-5-10-19(28-15)29(26,27)24-12-3-4-18(24)20(25)23-13-11-21(2,14-23)16-6-8-17(22)9-7-16/h5-10,18H,3-4,11-14H2,1-2H3. The smallest absolute Gasteiger partial charge is 0.253 e. The van der Waals surface area contributed by atoms with Crippen LogP contribution in [0.2, 0.25) is 0 Å². The van der Waals surface area contributed by atoms with E-state index in [1.807, 2.05) is 6.92 Å². The van der Waals surface area contributed by atoms with Crippen molar-refractivity contribution in [1.29, 1.82) is 0 Å². The number of hydrogen-bond acceptors (Lipinski definition) is 4. The Balaban J connectivity index is 1.53. The van der Waals surface area contributed by atoms with Crippen molar-refractivity contribution in [3.8, 4) is 0 Å². The molecular weight excluding hydrogens is 411 g/mol. The van der Waals surface area contributed by atoms with Gasteiger partial charge >= 0.3 is 0 Å². The summed E-state index contributed by atoms with van der Waals surface area (Å²) in [4.78, 5) is 16.0. The van der Waals surface area contributed by atoms with Gasteiger partial charge < -0.3 is 4.90 Å². The zero-order valence-corrected chi connectivity index (χ0v) is 18.2. The molecule has 1 aromatic heterocycles. The van der Waals surface area contributed by atoms with Crippen LogP contribution in [0.4, 0.5) is 4.39 Å². The number of amides is 1. The molecule has 0 radical (unpaired) electrons. The van der Waals surface area contributed by atoms with Crippen LogP contribution in [0.3, 0.4) is 0 Å². The number of carbonyl (C=O) groups is 1. The third kappa shape index (κ3) is 3.73. The number of halogens is 1. The van der Waals surface area contributed by atoms with Crippen LogP contribution in [-0.4, -0.2) is 49.2 Å². The van der Waals surface area contributed by atoms with Gasteiger partial charge in [-0.1, -0.05) is 19.1 Å². The molecule has 29 heavy (non-hydrogen) atoms. The van der Waals surface area contributed by atoms with Gasteiger partial charge in [-0.2, -0.15) is 4.31 Å². The van der Waals surface area contributed by atoms with Gasteiger partial charge in [0, 0.05) is 29.9 Å². The van der Waals surface area contributed by atoms with Crippen LogP contribution < -0.4 is 0 Å². The molecule has 2 aliphatic heterocycles. The normalized spacial score (nSPS) is 25.6. The van der Waals surface area contributed by atoms with Gasteiger partial charge in [0.1, 0.15) is 16.1 Å². The molecule has 2 aromatic rings. The molecule has 1 aromatic carbocycles. The van der Waals surface area contributed by atoms with Crippen molar-refractivity contribution in [3.05, 3.63) is 52.7 Å². The van der Waals surface area contributed by atoms with E-state index in [4.69, 9.17) is 0 Å².